The van der Waals surface area contributed by atoms with E-state index < -0.39 is 5.92 Å². The number of carbonyl (C=O) groups excluding carboxylic acids is 1. The molecule has 0 bridgehead atoms. The predicted octanol–water partition coefficient (Wildman–Crippen LogP) is 3.22. The molecule has 0 saturated heterocycles. The van der Waals surface area contributed by atoms with Crippen molar-refractivity contribution in [3.05, 3.63) is 40.2 Å². The minimum Gasteiger partial charge on any atom is -0.444 e. The van der Waals surface area contributed by atoms with Crippen LogP contribution in [-0.2, 0) is 9.53 Å². The Morgan fingerprint density at radius 3 is 2.68 bits per heavy atom. The van der Waals surface area contributed by atoms with Crippen LogP contribution in [0.15, 0.2) is 29.0 Å². The monoisotopic (exact) mass is 340 g/mol. The number of Topliss-reactive ketones (excluding diaryl/α,β-unsaturated/α-hetero) is 1. The summed E-state index contributed by atoms with van der Waals surface area (Å²) in [6.45, 7) is 10.0. The van der Waals surface area contributed by atoms with Crippen molar-refractivity contribution in [2.75, 3.05) is 0 Å². The molecule has 2 N–H and O–H groups in total. The second-order valence-electron chi connectivity index (χ2n) is 7.95. The summed E-state index contributed by atoms with van der Waals surface area (Å²) >= 11 is 0. The molecule has 1 aromatic rings. The highest BCUT2D eigenvalue weighted by Crippen LogP contribution is 2.48. The van der Waals surface area contributed by atoms with Gasteiger partial charge in [0.2, 0.25) is 5.88 Å². The number of hydrogen-bond donors (Lipinski definition) is 1. The van der Waals surface area contributed by atoms with Gasteiger partial charge in [-0.15, -0.1) is 0 Å². The topological polar surface area (TPSA) is 93.9 Å². The summed E-state index contributed by atoms with van der Waals surface area (Å²) in [4.78, 5) is 12.9. The van der Waals surface area contributed by atoms with Crippen LogP contribution in [0.3, 0.4) is 0 Å². The largest absolute Gasteiger partial charge is 0.444 e. The van der Waals surface area contributed by atoms with E-state index in [1.807, 2.05) is 45.5 Å². The van der Waals surface area contributed by atoms with Gasteiger partial charge in [-0.25, -0.2) is 0 Å². The summed E-state index contributed by atoms with van der Waals surface area (Å²) < 4.78 is 7.56. The molecular formula is C19H24N4O2. The Kier molecular flexibility index (Phi) is 3.98. The van der Waals surface area contributed by atoms with Crippen LogP contribution in [0.25, 0.3) is 0 Å². The molecule has 2 heterocycles. The molecule has 1 aromatic heterocycles. The molecule has 0 radical (unpaired) electrons. The van der Waals surface area contributed by atoms with Crippen molar-refractivity contribution < 1.29 is 9.53 Å². The zero-order valence-corrected chi connectivity index (χ0v) is 15.4. The minimum atomic E-state index is -0.496. The van der Waals surface area contributed by atoms with Gasteiger partial charge in [0, 0.05) is 36.2 Å². The van der Waals surface area contributed by atoms with Gasteiger partial charge in [0.1, 0.15) is 17.4 Å². The fourth-order valence-electron chi connectivity index (χ4n) is 3.64. The maximum Gasteiger partial charge on any atom is 0.205 e. The van der Waals surface area contributed by atoms with Gasteiger partial charge in [0.05, 0.1) is 11.6 Å². The average molecular weight is 340 g/mol. The molecule has 25 heavy (non-hydrogen) atoms. The van der Waals surface area contributed by atoms with Gasteiger partial charge < -0.3 is 10.5 Å². The molecule has 0 amide bonds. The summed E-state index contributed by atoms with van der Waals surface area (Å²) in [6, 6.07) is 2.34. The van der Waals surface area contributed by atoms with E-state index in [0.29, 0.717) is 29.7 Å². The van der Waals surface area contributed by atoms with Crippen LogP contribution in [0.2, 0.25) is 0 Å². The van der Waals surface area contributed by atoms with Crippen molar-refractivity contribution in [3.8, 4) is 6.07 Å². The van der Waals surface area contributed by atoms with E-state index in [2.05, 4.69) is 11.2 Å². The van der Waals surface area contributed by atoms with Gasteiger partial charge in [0.25, 0.3) is 0 Å². The van der Waals surface area contributed by atoms with Crippen molar-refractivity contribution in [3.63, 3.8) is 0 Å². The van der Waals surface area contributed by atoms with Crippen molar-refractivity contribution in [2.45, 2.75) is 59.4 Å². The second kappa shape index (κ2) is 5.76. The number of hydrogen-bond acceptors (Lipinski definition) is 5. The molecule has 3 rings (SSSR count). The third-order valence-electron chi connectivity index (χ3n) is 4.87. The first kappa shape index (κ1) is 17.3. The van der Waals surface area contributed by atoms with Crippen LogP contribution in [0.1, 0.15) is 63.8 Å². The molecule has 6 heteroatoms. The van der Waals surface area contributed by atoms with Crippen molar-refractivity contribution >= 4 is 5.78 Å². The summed E-state index contributed by atoms with van der Waals surface area (Å²) in [5.74, 6) is 0.214. The lowest BCUT2D eigenvalue weighted by molar-refractivity contribution is -0.119. The first-order chi connectivity index (χ1) is 11.6. The standard InChI is InChI=1S/C19H24N4O2/c1-10(2)23-9-13(11(3)22-23)16-12(8-20)18(21)25-15-7-19(4,5)6-14(24)17(15)16/h9-10,16H,6-7,21H2,1-5H3/t16-/m0/s1. The van der Waals surface area contributed by atoms with Gasteiger partial charge in [-0.05, 0) is 26.2 Å². The van der Waals surface area contributed by atoms with E-state index in [9.17, 15) is 10.1 Å². The lowest BCUT2D eigenvalue weighted by atomic mass is 9.70. The highest BCUT2D eigenvalue weighted by atomic mass is 16.5. The van der Waals surface area contributed by atoms with Crippen LogP contribution in [0.5, 0.6) is 0 Å². The number of nitrogens with zero attached hydrogens (tertiary/aromatic N) is 3. The van der Waals surface area contributed by atoms with Gasteiger partial charge >= 0.3 is 0 Å². The number of nitrogens with two attached hydrogens (primary N) is 1. The molecule has 1 atom stereocenters. The van der Waals surface area contributed by atoms with Crippen LogP contribution in [0, 0.1) is 23.7 Å². The molecular weight excluding hydrogens is 316 g/mol. The number of ketones is 1. The fourth-order valence-corrected chi connectivity index (χ4v) is 3.64. The quantitative estimate of drug-likeness (QED) is 0.892. The zero-order chi connectivity index (χ0) is 18.5. The summed E-state index contributed by atoms with van der Waals surface area (Å²) in [6.07, 6.45) is 2.97. The smallest absolute Gasteiger partial charge is 0.205 e. The first-order valence-electron chi connectivity index (χ1n) is 8.54. The molecule has 0 aromatic carbocycles. The maximum absolute atomic E-state index is 12.9. The number of allylic oxidation sites excluding steroid dienone is 3. The third kappa shape index (κ3) is 2.84. The molecule has 132 valence electrons. The highest BCUT2D eigenvalue weighted by Gasteiger charge is 2.43. The van der Waals surface area contributed by atoms with E-state index in [0.717, 1.165) is 11.3 Å². The lowest BCUT2D eigenvalue weighted by Gasteiger charge is -2.37. The SMILES string of the molecule is Cc1nn(C(C)C)cc1[C@@H]1C(C#N)=C(N)OC2=C1C(=O)CC(C)(C)C2. The van der Waals surface area contributed by atoms with Crippen LogP contribution < -0.4 is 5.73 Å². The lowest BCUT2D eigenvalue weighted by Crippen LogP contribution is -2.33. The van der Waals surface area contributed by atoms with Crippen molar-refractivity contribution in [1.82, 2.24) is 9.78 Å². The van der Waals surface area contributed by atoms with Gasteiger partial charge in [0.15, 0.2) is 5.78 Å². The van der Waals surface area contributed by atoms with Crippen molar-refractivity contribution in [2.24, 2.45) is 11.1 Å². The van der Waals surface area contributed by atoms with E-state index in [4.69, 9.17) is 10.5 Å². The Labute approximate surface area is 147 Å². The molecule has 0 spiro atoms. The average Bonchev–Trinajstić information content (AvgIpc) is 2.86. The summed E-state index contributed by atoms with van der Waals surface area (Å²) in [5.41, 5.74) is 8.36. The number of aromatic nitrogens is 2. The Morgan fingerprint density at radius 1 is 1.44 bits per heavy atom. The molecule has 0 fully saturated rings. The second-order valence-corrected chi connectivity index (χ2v) is 7.95. The molecule has 6 nitrogen and oxygen atoms in total. The zero-order valence-electron chi connectivity index (χ0n) is 15.4. The van der Waals surface area contributed by atoms with Gasteiger partial charge in [-0.1, -0.05) is 13.8 Å². The summed E-state index contributed by atoms with van der Waals surface area (Å²) in [7, 11) is 0. The van der Waals surface area contributed by atoms with Crippen LogP contribution >= 0.6 is 0 Å². The minimum absolute atomic E-state index is 0.0215. The van der Waals surface area contributed by atoms with E-state index in [1.165, 1.54) is 0 Å². The first-order valence-corrected chi connectivity index (χ1v) is 8.54. The van der Waals surface area contributed by atoms with Crippen LogP contribution in [-0.4, -0.2) is 15.6 Å². The number of ether oxygens (including phenoxy) is 1. The number of carbonyl (C=O) groups is 1. The fraction of sp³-hybridized carbons (Fsp3) is 0.526. The Hall–Kier alpha value is -2.55. The number of nitriles is 1. The number of rotatable bonds is 2. The molecule has 2 aliphatic rings. The van der Waals surface area contributed by atoms with Crippen molar-refractivity contribution in [1.29, 1.82) is 5.26 Å². The Morgan fingerprint density at radius 2 is 2.12 bits per heavy atom. The predicted molar refractivity (Wildman–Crippen MR) is 93.0 cm³/mol. The highest BCUT2D eigenvalue weighted by molar-refractivity contribution is 6.00. The Bertz CT molecular complexity index is 849. The summed E-state index contributed by atoms with van der Waals surface area (Å²) in [5, 5.41) is 14.2. The normalized spacial score (nSPS) is 22.8. The molecule has 1 aliphatic heterocycles. The van der Waals surface area contributed by atoms with Gasteiger partial charge in [-0.2, -0.15) is 10.4 Å². The Balaban J connectivity index is 2.20. The maximum atomic E-state index is 12.9. The van der Waals surface area contributed by atoms with Crippen LogP contribution in [0.4, 0.5) is 0 Å². The molecule has 0 saturated carbocycles. The van der Waals surface area contributed by atoms with E-state index in [-0.39, 0.29) is 23.1 Å². The molecule has 0 unspecified atom stereocenters. The number of aryl methyl sites for hydroxylation is 1. The third-order valence-corrected chi connectivity index (χ3v) is 4.87. The van der Waals surface area contributed by atoms with E-state index in [1.54, 1.807) is 0 Å². The molecule has 1 aliphatic carbocycles. The van der Waals surface area contributed by atoms with Gasteiger partial charge in [-0.3, -0.25) is 9.48 Å². The van der Waals surface area contributed by atoms with E-state index >= 15 is 0 Å².